The Kier molecular flexibility index (Phi) is 10.5. The molecule has 196 valence electrons. The predicted molar refractivity (Wildman–Crippen MR) is 156 cm³/mol. The fourth-order valence-corrected chi connectivity index (χ4v) is 5.62. The van der Waals surface area contributed by atoms with Crippen molar-refractivity contribution >= 4 is 46.8 Å². The molecule has 0 radical (unpaired) electrons. The zero-order valence-electron chi connectivity index (χ0n) is 21.8. The van der Waals surface area contributed by atoms with E-state index in [9.17, 15) is 9.59 Å². The van der Waals surface area contributed by atoms with Crippen molar-refractivity contribution in [3.05, 3.63) is 105 Å². The number of hydrogen-bond donors (Lipinski definition) is 1. The zero-order chi connectivity index (χ0) is 27.0. The van der Waals surface area contributed by atoms with Crippen LogP contribution >= 0.6 is 35.0 Å². The first kappa shape index (κ1) is 29.1. The van der Waals surface area contributed by atoms with E-state index in [0.717, 1.165) is 22.3 Å². The molecule has 0 fully saturated rings. The molecule has 0 saturated carbocycles. The third-order valence-electron chi connectivity index (χ3n) is 5.90. The molecule has 1 atom stereocenters. The summed E-state index contributed by atoms with van der Waals surface area (Å²) in [6.45, 7) is 8.20. The largest absolute Gasteiger partial charge is 0.350 e. The highest BCUT2D eigenvalue weighted by molar-refractivity contribution is 7.99. The third kappa shape index (κ3) is 8.80. The van der Waals surface area contributed by atoms with Gasteiger partial charge >= 0.3 is 0 Å². The molecule has 7 heteroatoms. The summed E-state index contributed by atoms with van der Waals surface area (Å²) in [5.41, 5.74) is 3.45. The van der Waals surface area contributed by atoms with Crippen LogP contribution in [0, 0.1) is 6.92 Å². The number of carbonyl (C=O) groups is 2. The molecule has 0 aliphatic heterocycles. The average Bonchev–Trinajstić information content (AvgIpc) is 2.83. The minimum Gasteiger partial charge on any atom is -0.350 e. The Labute approximate surface area is 234 Å². The molecule has 1 unspecified atom stereocenters. The van der Waals surface area contributed by atoms with Crippen molar-refractivity contribution in [2.75, 3.05) is 5.75 Å². The fraction of sp³-hybridized carbons (Fsp3) is 0.333. The summed E-state index contributed by atoms with van der Waals surface area (Å²) in [5.74, 6) is 0.417. The van der Waals surface area contributed by atoms with Crippen LogP contribution in [0.15, 0.2) is 72.8 Å². The van der Waals surface area contributed by atoms with Crippen molar-refractivity contribution in [3.63, 3.8) is 0 Å². The number of thioether (sulfide) groups is 1. The van der Waals surface area contributed by atoms with E-state index in [2.05, 4.69) is 5.32 Å². The summed E-state index contributed by atoms with van der Waals surface area (Å²) in [7, 11) is 0. The van der Waals surface area contributed by atoms with Gasteiger partial charge in [0.05, 0.1) is 5.75 Å². The number of carbonyl (C=O) groups excluding carboxylic acids is 2. The summed E-state index contributed by atoms with van der Waals surface area (Å²) < 4.78 is 0. The summed E-state index contributed by atoms with van der Waals surface area (Å²) in [4.78, 5) is 29.1. The van der Waals surface area contributed by atoms with Gasteiger partial charge in [-0.15, -0.1) is 11.8 Å². The van der Waals surface area contributed by atoms with Crippen LogP contribution in [-0.4, -0.2) is 34.0 Å². The molecule has 3 aromatic rings. The molecule has 4 nitrogen and oxygen atoms in total. The monoisotopic (exact) mass is 556 g/mol. The van der Waals surface area contributed by atoms with Crippen LogP contribution in [0.4, 0.5) is 0 Å². The van der Waals surface area contributed by atoms with Gasteiger partial charge in [-0.05, 0) is 62.1 Å². The van der Waals surface area contributed by atoms with E-state index in [1.54, 1.807) is 23.1 Å². The molecule has 0 spiro atoms. The molecule has 0 bridgehead atoms. The lowest BCUT2D eigenvalue weighted by molar-refractivity contribution is -0.140. The Hall–Kier alpha value is -2.47. The number of nitrogens with one attached hydrogen (secondary N) is 1. The van der Waals surface area contributed by atoms with Crippen molar-refractivity contribution in [2.45, 2.75) is 58.0 Å². The van der Waals surface area contributed by atoms with Crippen LogP contribution in [0.25, 0.3) is 0 Å². The Morgan fingerprint density at radius 1 is 0.919 bits per heavy atom. The second kappa shape index (κ2) is 13.4. The van der Waals surface area contributed by atoms with Crippen molar-refractivity contribution in [3.8, 4) is 0 Å². The Bertz CT molecular complexity index is 1190. The predicted octanol–water partition coefficient (Wildman–Crippen LogP) is 7.09. The lowest BCUT2D eigenvalue weighted by Gasteiger charge is -2.34. The van der Waals surface area contributed by atoms with Crippen LogP contribution in [0.3, 0.4) is 0 Å². The molecule has 37 heavy (non-hydrogen) atoms. The van der Waals surface area contributed by atoms with Gasteiger partial charge in [0.25, 0.3) is 0 Å². The van der Waals surface area contributed by atoms with Crippen molar-refractivity contribution in [2.24, 2.45) is 0 Å². The maximum Gasteiger partial charge on any atom is 0.243 e. The molecular weight excluding hydrogens is 523 g/mol. The highest BCUT2D eigenvalue weighted by Gasteiger charge is 2.32. The molecule has 0 heterocycles. The molecule has 2 amide bonds. The van der Waals surface area contributed by atoms with Crippen molar-refractivity contribution in [1.82, 2.24) is 10.2 Å². The van der Waals surface area contributed by atoms with E-state index < -0.39 is 11.6 Å². The van der Waals surface area contributed by atoms with Gasteiger partial charge in [-0.25, -0.2) is 0 Å². The van der Waals surface area contributed by atoms with E-state index in [0.29, 0.717) is 28.8 Å². The molecule has 0 aromatic heterocycles. The minimum atomic E-state index is -0.668. The second-order valence-electron chi connectivity index (χ2n) is 10.1. The van der Waals surface area contributed by atoms with Crippen LogP contribution < -0.4 is 5.32 Å². The zero-order valence-corrected chi connectivity index (χ0v) is 24.1. The third-order valence-corrected chi connectivity index (χ3v) is 7.56. The Morgan fingerprint density at radius 2 is 1.54 bits per heavy atom. The number of rotatable bonds is 10. The van der Waals surface area contributed by atoms with Crippen molar-refractivity contribution in [1.29, 1.82) is 0 Å². The summed E-state index contributed by atoms with van der Waals surface area (Å²) >= 11 is 14.1. The van der Waals surface area contributed by atoms with Crippen LogP contribution in [0.1, 0.15) is 43.0 Å². The Morgan fingerprint density at radius 3 is 2.16 bits per heavy atom. The average molecular weight is 558 g/mol. The number of aryl methyl sites for hydroxylation is 1. The molecule has 0 aliphatic rings. The van der Waals surface area contributed by atoms with Crippen LogP contribution in [0.5, 0.6) is 0 Å². The smallest absolute Gasteiger partial charge is 0.243 e. The number of halogens is 2. The van der Waals surface area contributed by atoms with Gasteiger partial charge in [0.1, 0.15) is 6.04 Å². The van der Waals surface area contributed by atoms with E-state index >= 15 is 0 Å². The van der Waals surface area contributed by atoms with Crippen molar-refractivity contribution < 1.29 is 9.59 Å². The maximum absolute atomic E-state index is 13.8. The van der Waals surface area contributed by atoms with Crippen LogP contribution in [0.2, 0.25) is 10.0 Å². The van der Waals surface area contributed by atoms with Gasteiger partial charge in [0.15, 0.2) is 0 Å². The normalized spacial score (nSPS) is 12.2. The number of hydrogen-bond acceptors (Lipinski definition) is 3. The lowest BCUT2D eigenvalue weighted by atomic mass is 10.00. The van der Waals surface area contributed by atoms with Gasteiger partial charge in [-0.1, -0.05) is 83.9 Å². The van der Waals surface area contributed by atoms with Gasteiger partial charge in [0, 0.05) is 34.3 Å². The van der Waals surface area contributed by atoms with Crippen LogP contribution in [-0.2, 0) is 28.3 Å². The van der Waals surface area contributed by atoms with E-state index in [4.69, 9.17) is 23.2 Å². The lowest BCUT2D eigenvalue weighted by Crippen LogP contribution is -2.54. The maximum atomic E-state index is 13.8. The summed E-state index contributed by atoms with van der Waals surface area (Å²) in [5, 5.41) is 4.26. The first-order valence-corrected chi connectivity index (χ1v) is 14.2. The summed E-state index contributed by atoms with van der Waals surface area (Å²) in [6.07, 6.45) is 0.418. The first-order chi connectivity index (χ1) is 17.5. The standard InChI is InChI=1S/C30H34Cl2N2O2S/c1-21-11-8-9-14-23(21)18-34(28(35)20-37-19-24-25(31)15-10-16-26(24)32)27(29(36)33-30(2,3)4)17-22-12-6-5-7-13-22/h5-16,27H,17-20H2,1-4H3,(H,33,36). The van der Waals surface area contributed by atoms with Gasteiger partial charge < -0.3 is 10.2 Å². The van der Waals surface area contributed by atoms with Gasteiger partial charge in [0.2, 0.25) is 11.8 Å². The molecule has 1 N–H and O–H groups in total. The van der Waals surface area contributed by atoms with Gasteiger partial charge in [-0.3, -0.25) is 9.59 Å². The number of benzene rings is 3. The summed E-state index contributed by atoms with van der Waals surface area (Å²) in [6, 6.07) is 22.5. The van der Waals surface area contributed by atoms with Gasteiger partial charge in [-0.2, -0.15) is 0 Å². The molecule has 3 aromatic carbocycles. The number of amides is 2. The highest BCUT2D eigenvalue weighted by atomic mass is 35.5. The highest BCUT2D eigenvalue weighted by Crippen LogP contribution is 2.29. The second-order valence-corrected chi connectivity index (χ2v) is 11.9. The first-order valence-electron chi connectivity index (χ1n) is 12.3. The molecule has 3 rings (SSSR count). The number of nitrogens with zero attached hydrogens (tertiary/aromatic N) is 1. The van der Waals surface area contributed by atoms with E-state index in [-0.39, 0.29) is 17.6 Å². The topological polar surface area (TPSA) is 49.4 Å². The Balaban J connectivity index is 1.90. The molecular formula is C30H34Cl2N2O2S. The molecule has 0 saturated heterocycles. The quantitative estimate of drug-likeness (QED) is 0.290. The minimum absolute atomic E-state index is 0.110. The van der Waals surface area contributed by atoms with E-state index in [1.807, 2.05) is 82.3 Å². The SMILES string of the molecule is Cc1ccccc1CN(C(=O)CSCc1c(Cl)cccc1Cl)C(Cc1ccccc1)C(=O)NC(C)(C)C. The van der Waals surface area contributed by atoms with E-state index in [1.165, 1.54) is 11.8 Å². The molecule has 0 aliphatic carbocycles. The fourth-order valence-electron chi connectivity index (χ4n) is 3.97.